The maximum absolute atomic E-state index is 10.5. The monoisotopic (exact) mass is 636 g/mol. The molecule has 0 saturated carbocycles. The van der Waals surface area contributed by atoms with Crippen LogP contribution >= 0.6 is 0 Å². The van der Waals surface area contributed by atoms with Gasteiger partial charge < -0.3 is 14.7 Å². The highest BCUT2D eigenvalue weighted by atomic mass is 16.5. The Bertz CT molecular complexity index is 1680. The summed E-state index contributed by atoms with van der Waals surface area (Å²) in [5.41, 5.74) is 10.1. The van der Waals surface area contributed by atoms with Crippen LogP contribution in [0.5, 0.6) is 0 Å². The van der Waals surface area contributed by atoms with Gasteiger partial charge in [0.1, 0.15) is 0 Å². The van der Waals surface area contributed by atoms with Crippen molar-refractivity contribution in [3.8, 4) is 22.3 Å². The van der Waals surface area contributed by atoms with Gasteiger partial charge in [0, 0.05) is 17.1 Å². The number of hydrogen-bond donors (Lipinski definition) is 1. The molecule has 4 heteroatoms. The van der Waals surface area contributed by atoms with E-state index in [1.165, 1.54) is 33.4 Å². The van der Waals surface area contributed by atoms with Crippen molar-refractivity contribution in [3.63, 3.8) is 0 Å². The Kier molecular flexibility index (Phi) is 9.84. The molecule has 0 spiro atoms. The number of rotatable bonds is 9. The highest BCUT2D eigenvalue weighted by molar-refractivity contribution is 6.47. The Balaban J connectivity index is 1.46. The van der Waals surface area contributed by atoms with Gasteiger partial charge in [0.05, 0.1) is 11.2 Å². The highest BCUT2D eigenvalue weighted by Gasteiger charge is 2.35. The molecule has 247 valence electrons. The van der Waals surface area contributed by atoms with E-state index in [1.807, 2.05) is 13.8 Å². The summed E-state index contributed by atoms with van der Waals surface area (Å²) < 4.78 is 6.02. The molecule has 0 unspecified atom stereocenters. The van der Waals surface area contributed by atoms with Gasteiger partial charge in [-0.2, -0.15) is 0 Å². The van der Waals surface area contributed by atoms with Gasteiger partial charge in [-0.1, -0.05) is 132 Å². The molecule has 0 aliphatic rings. The summed E-state index contributed by atoms with van der Waals surface area (Å²) >= 11 is 0. The zero-order valence-electron chi connectivity index (χ0n) is 30.4. The minimum atomic E-state index is -0.984. The quantitative estimate of drug-likeness (QED) is 0.163. The van der Waals surface area contributed by atoms with E-state index in [0.717, 1.165) is 22.5 Å². The predicted molar refractivity (Wildman–Crippen MR) is 206 cm³/mol. The second kappa shape index (κ2) is 13.4. The van der Waals surface area contributed by atoms with E-state index in [-0.39, 0.29) is 10.8 Å². The van der Waals surface area contributed by atoms with E-state index < -0.39 is 11.2 Å². The smallest absolute Gasteiger partial charge is 0.330 e. The molecule has 0 saturated heterocycles. The molecule has 3 nitrogen and oxygen atoms in total. The largest absolute Gasteiger partial charge is 0.427 e. The molecule has 5 aromatic rings. The third-order valence-corrected chi connectivity index (χ3v) is 9.53. The van der Waals surface area contributed by atoms with Crippen LogP contribution in [0.2, 0.25) is 0 Å². The molecule has 0 amide bonds. The van der Waals surface area contributed by atoms with Gasteiger partial charge in [0.2, 0.25) is 0 Å². The summed E-state index contributed by atoms with van der Waals surface area (Å²) in [5.74, 6) is 0. The average Bonchev–Trinajstić information content (AvgIpc) is 3.04. The lowest BCUT2D eigenvalue weighted by molar-refractivity contribution is -0.0893. The number of aliphatic hydroxyl groups is 1. The Labute approximate surface area is 289 Å². The first kappa shape index (κ1) is 35.2. The van der Waals surface area contributed by atoms with E-state index in [4.69, 9.17) is 4.65 Å². The summed E-state index contributed by atoms with van der Waals surface area (Å²) in [7, 11) is 1.73. The van der Waals surface area contributed by atoms with Crippen LogP contribution < -0.4 is 10.4 Å². The molecular weight excluding hydrogens is 585 g/mol. The average molecular weight is 637 g/mol. The van der Waals surface area contributed by atoms with Crippen LogP contribution in [0.15, 0.2) is 121 Å². The third-order valence-electron chi connectivity index (χ3n) is 9.53. The topological polar surface area (TPSA) is 32.7 Å². The molecule has 0 heterocycles. The number of hydrogen-bond acceptors (Lipinski definition) is 3. The molecule has 1 radical (unpaired) electrons. The lowest BCUT2D eigenvalue weighted by Crippen LogP contribution is -2.49. The van der Waals surface area contributed by atoms with Crippen LogP contribution in [0.4, 0.5) is 17.1 Å². The van der Waals surface area contributed by atoms with Gasteiger partial charge in [-0.3, -0.25) is 0 Å². The second-order valence-electron chi connectivity index (χ2n) is 16.0. The molecule has 1 N–H and O–H groups in total. The molecular formula is C44H51BNO2. The first-order chi connectivity index (χ1) is 22.4. The van der Waals surface area contributed by atoms with E-state index >= 15 is 0 Å². The van der Waals surface area contributed by atoms with E-state index in [2.05, 4.69) is 168 Å². The van der Waals surface area contributed by atoms with Crippen LogP contribution in [0.1, 0.15) is 80.4 Å². The second-order valence-corrected chi connectivity index (χ2v) is 16.0. The molecule has 0 aromatic heterocycles. The maximum atomic E-state index is 10.5. The lowest BCUT2D eigenvalue weighted by atomic mass is 9.82. The van der Waals surface area contributed by atoms with Crippen molar-refractivity contribution in [2.24, 2.45) is 0 Å². The predicted octanol–water partition coefficient (Wildman–Crippen LogP) is 10.9. The van der Waals surface area contributed by atoms with E-state index in [9.17, 15) is 5.11 Å². The zero-order valence-corrected chi connectivity index (χ0v) is 30.4. The van der Waals surface area contributed by atoms with Crippen molar-refractivity contribution in [2.45, 2.75) is 91.3 Å². The Hall–Kier alpha value is -4.12. The van der Waals surface area contributed by atoms with Crippen molar-refractivity contribution in [3.05, 3.63) is 132 Å². The van der Waals surface area contributed by atoms with Crippen molar-refractivity contribution < 1.29 is 9.76 Å². The van der Waals surface area contributed by atoms with Crippen LogP contribution in [-0.4, -0.2) is 23.8 Å². The molecule has 48 heavy (non-hydrogen) atoms. The van der Waals surface area contributed by atoms with Crippen molar-refractivity contribution in [1.82, 2.24) is 0 Å². The minimum absolute atomic E-state index is 0.124. The summed E-state index contributed by atoms with van der Waals surface area (Å²) in [6, 6.07) is 43.7. The molecule has 0 aliphatic heterocycles. The van der Waals surface area contributed by atoms with Gasteiger partial charge in [-0.05, 0) is 108 Å². The summed E-state index contributed by atoms with van der Waals surface area (Å²) in [5, 5.41) is 10.5. The number of benzene rings is 5. The van der Waals surface area contributed by atoms with E-state index in [0.29, 0.717) is 0 Å². The van der Waals surface area contributed by atoms with Crippen LogP contribution in [0, 0.1) is 0 Å². The van der Waals surface area contributed by atoms with E-state index in [1.54, 1.807) is 21.3 Å². The van der Waals surface area contributed by atoms with Gasteiger partial charge in [0.15, 0.2) is 0 Å². The molecule has 0 aliphatic carbocycles. The summed E-state index contributed by atoms with van der Waals surface area (Å²) in [4.78, 5) is 2.28. The molecule has 5 rings (SSSR count). The first-order valence-electron chi connectivity index (χ1n) is 17.0. The fraction of sp³-hybridized carbons (Fsp3) is 0.318. The van der Waals surface area contributed by atoms with Gasteiger partial charge in [-0.15, -0.1) is 0 Å². The van der Waals surface area contributed by atoms with Crippen molar-refractivity contribution in [2.75, 3.05) is 4.90 Å². The van der Waals surface area contributed by atoms with Crippen LogP contribution in [-0.2, 0) is 15.5 Å². The molecule has 5 aromatic carbocycles. The van der Waals surface area contributed by atoms with Gasteiger partial charge >= 0.3 is 7.48 Å². The SMILES string of the molecule is CC(C)(C)c1ccc(-c2ccc(N(c3ccc([B]OC(C)(C)C(C)(C)O)cc3)c3ccc(-c4ccc(C(C)(C)C)cc4)cc3)cc2)cc1. The number of anilines is 3. The van der Waals surface area contributed by atoms with Gasteiger partial charge in [-0.25, -0.2) is 0 Å². The lowest BCUT2D eigenvalue weighted by Gasteiger charge is -2.37. The fourth-order valence-electron chi connectivity index (χ4n) is 5.44. The standard InChI is InChI=1S/C44H51BNO2/c1-41(2,3)35-19-11-31(12-20-35)33-15-25-38(26-16-33)46(40-29-23-37(24-30-40)45-48-44(9,10)43(7,8)47)39-27-17-34(18-28-39)32-13-21-36(22-14-32)42(4,5)6/h11-30,47H,1-10H3. The zero-order chi connectivity index (χ0) is 34.9. The molecule has 0 fully saturated rings. The Morgan fingerprint density at radius 2 is 0.729 bits per heavy atom. The van der Waals surface area contributed by atoms with Crippen LogP contribution in [0.25, 0.3) is 22.3 Å². The first-order valence-corrected chi connectivity index (χ1v) is 17.0. The Morgan fingerprint density at radius 1 is 0.438 bits per heavy atom. The molecule has 0 atom stereocenters. The van der Waals surface area contributed by atoms with Crippen LogP contribution in [0.3, 0.4) is 0 Å². The fourth-order valence-corrected chi connectivity index (χ4v) is 5.44. The van der Waals surface area contributed by atoms with Gasteiger partial charge in [0.25, 0.3) is 0 Å². The summed E-state index contributed by atoms with van der Waals surface area (Å²) in [6.45, 7) is 20.8. The van der Waals surface area contributed by atoms with Crippen molar-refractivity contribution >= 4 is 30.0 Å². The van der Waals surface area contributed by atoms with Crippen molar-refractivity contribution in [1.29, 1.82) is 0 Å². The number of nitrogens with zero attached hydrogens (tertiary/aromatic N) is 1. The molecule has 0 bridgehead atoms. The highest BCUT2D eigenvalue weighted by Crippen LogP contribution is 2.37. The normalized spacial score (nSPS) is 12.6. The Morgan fingerprint density at radius 3 is 1.02 bits per heavy atom. The summed E-state index contributed by atoms with van der Waals surface area (Å²) in [6.07, 6.45) is 0. The minimum Gasteiger partial charge on any atom is -0.427 e. The maximum Gasteiger partial charge on any atom is 0.330 e. The third kappa shape index (κ3) is 8.12.